The van der Waals surface area contributed by atoms with Crippen molar-refractivity contribution < 1.29 is 4.79 Å². The van der Waals surface area contributed by atoms with Crippen LogP contribution in [0.2, 0.25) is 5.02 Å². The van der Waals surface area contributed by atoms with Crippen LogP contribution in [0.1, 0.15) is 6.92 Å². The van der Waals surface area contributed by atoms with Gasteiger partial charge in [-0.3, -0.25) is 4.79 Å². The lowest BCUT2D eigenvalue weighted by Crippen LogP contribution is -2.22. The number of nitrogens with zero attached hydrogens (tertiary/aromatic N) is 2. The van der Waals surface area contributed by atoms with Crippen molar-refractivity contribution in [2.45, 2.75) is 20.9 Å². The molecule has 2 aromatic rings. The normalized spacial score (nSPS) is 12.1. The minimum Gasteiger partial charge on any atom is -0.397 e. The lowest BCUT2D eigenvalue weighted by molar-refractivity contribution is -0.115. The molecule has 1 atom stereocenters. The number of aromatic nitrogens is 2. The topological polar surface area (TPSA) is 80.9 Å². The van der Waals surface area contributed by atoms with Crippen molar-refractivity contribution in [2.75, 3.05) is 17.3 Å². The number of amides is 1. The van der Waals surface area contributed by atoms with Crippen LogP contribution in [-0.2, 0) is 4.79 Å². The standard InChI is InChI=1S/C12H13ClN4OS3/c1-6(20-12-17-16-11(19-2)21-12)10(18)15-9-5-7(13)3-4-8(9)14/h3-6H,14H2,1-2H3,(H,15,18). The van der Waals surface area contributed by atoms with Crippen LogP contribution in [0.3, 0.4) is 0 Å². The Bertz CT molecular complexity index is 649. The fourth-order valence-electron chi connectivity index (χ4n) is 1.40. The van der Waals surface area contributed by atoms with Crippen molar-refractivity contribution in [1.82, 2.24) is 10.2 Å². The fourth-order valence-corrected chi connectivity index (χ4v) is 4.16. The first-order valence-electron chi connectivity index (χ1n) is 5.89. The predicted octanol–water partition coefficient (Wildman–Crippen LogP) is 3.61. The summed E-state index contributed by atoms with van der Waals surface area (Å²) in [4.78, 5) is 12.2. The molecule has 1 amide bonds. The van der Waals surface area contributed by atoms with Gasteiger partial charge < -0.3 is 11.1 Å². The summed E-state index contributed by atoms with van der Waals surface area (Å²) in [5.41, 5.74) is 6.80. The number of nitrogens with two attached hydrogens (primary N) is 1. The van der Waals surface area contributed by atoms with Crippen LogP contribution in [-0.4, -0.2) is 27.6 Å². The summed E-state index contributed by atoms with van der Waals surface area (Å²) in [6.45, 7) is 1.81. The largest absolute Gasteiger partial charge is 0.397 e. The van der Waals surface area contributed by atoms with Gasteiger partial charge in [-0.15, -0.1) is 10.2 Å². The summed E-state index contributed by atoms with van der Waals surface area (Å²) in [5, 5.41) is 11.0. The Morgan fingerprint density at radius 1 is 1.43 bits per heavy atom. The maximum atomic E-state index is 12.2. The summed E-state index contributed by atoms with van der Waals surface area (Å²) in [6.07, 6.45) is 1.94. The van der Waals surface area contributed by atoms with Crippen molar-refractivity contribution in [3.05, 3.63) is 23.2 Å². The molecule has 1 unspecified atom stereocenters. The first-order valence-corrected chi connectivity index (χ1v) is 9.19. The average Bonchev–Trinajstić information content (AvgIpc) is 2.90. The lowest BCUT2D eigenvalue weighted by Gasteiger charge is -2.12. The molecule has 0 saturated carbocycles. The van der Waals surface area contributed by atoms with Crippen LogP contribution in [0.25, 0.3) is 0 Å². The van der Waals surface area contributed by atoms with E-state index in [2.05, 4.69) is 15.5 Å². The number of anilines is 2. The highest BCUT2D eigenvalue weighted by Crippen LogP contribution is 2.31. The Hall–Kier alpha value is -0.960. The summed E-state index contributed by atoms with van der Waals surface area (Å²) < 4.78 is 1.64. The van der Waals surface area contributed by atoms with Crippen LogP contribution in [0.4, 0.5) is 11.4 Å². The molecule has 2 rings (SSSR count). The average molecular weight is 361 g/mol. The van der Waals surface area contributed by atoms with Gasteiger partial charge >= 0.3 is 0 Å². The second-order valence-corrected chi connectivity index (χ2v) is 8.07. The molecule has 0 saturated heterocycles. The maximum absolute atomic E-state index is 12.2. The van der Waals surface area contributed by atoms with Gasteiger partial charge in [0.2, 0.25) is 5.91 Å². The van der Waals surface area contributed by atoms with Gasteiger partial charge in [-0.05, 0) is 31.4 Å². The van der Waals surface area contributed by atoms with Gasteiger partial charge in [0.05, 0.1) is 16.6 Å². The van der Waals surface area contributed by atoms with Crippen LogP contribution in [0.15, 0.2) is 26.9 Å². The highest BCUT2D eigenvalue weighted by Gasteiger charge is 2.18. The van der Waals surface area contributed by atoms with Crippen molar-refractivity contribution in [1.29, 1.82) is 0 Å². The Morgan fingerprint density at radius 3 is 2.81 bits per heavy atom. The van der Waals surface area contributed by atoms with Gasteiger partial charge in [0.25, 0.3) is 0 Å². The van der Waals surface area contributed by atoms with E-state index in [4.69, 9.17) is 17.3 Å². The van der Waals surface area contributed by atoms with E-state index in [1.165, 1.54) is 34.9 Å². The summed E-state index contributed by atoms with van der Waals surface area (Å²) in [6, 6.07) is 4.96. The maximum Gasteiger partial charge on any atom is 0.237 e. The van der Waals surface area contributed by atoms with Gasteiger partial charge in [0, 0.05) is 5.02 Å². The van der Waals surface area contributed by atoms with E-state index in [0.717, 1.165) is 8.68 Å². The van der Waals surface area contributed by atoms with Crippen LogP contribution in [0.5, 0.6) is 0 Å². The molecule has 1 aromatic heterocycles. The Morgan fingerprint density at radius 2 is 2.14 bits per heavy atom. The summed E-state index contributed by atoms with van der Waals surface area (Å²) >= 11 is 10.3. The van der Waals surface area contributed by atoms with E-state index >= 15 is 0 Å². The first kappa shape index (κ1) is 16.4. The van der Waals surface area contributed by atoms with E-state index in [1.807, 2.05) is 6.26 Å². The number of halogens is 1. The predicted molar refractivity (Wildman–Crippen MR) is 91.5 cm³/mol. The number of nitrogen functional groups attached to an aromatic ring is 1. The molecule has 1 heterocycles. The number of hydrogen-bond acceptors (Lipinski definition) is 7. The number of hydrogen-bond donors (Lipinski definition) is 2. The zero-order valence-corrected chi connectivity index (χ0v) is 14.5. The second-order valence-electron chi connectivity index (χ2n) is 4.02. The number of nitrogens with one attached hydrogen (secondary N) is 1. The van der Waals surface area contributed by atoms with Gasteiger partial charge in [0.15, 0.2) is 8.68 Å². The number of carbonyl (C=O) groups excluding carboxylic acids is 1. The third-order valence-corrected chi connectivity index (χ3v) is 5.80. The monoisotopic (exact) mass is 360 g/mol. The smallest absolute Gasteiger partial charge is 0.237 e. The quantitative estimate of drug-likeness (QED) is 0.626. The minimum absolute atomic E-state index is 0.158. The SMILES string of the molecule is CSc1nnc(SC(C)C(=O)Nc2cc(Cl)ccc2N)s1. The molecule has 1 aromatic carbocycles. The lowest BCUT2D eigenvalue weighted by atomic mass is 10.2. The molecule has 5 nitrogen and oxygen atoms in total. The van der Waals surface area contributed by atoms with Crippen LogP contribution in [0, 0.1) is 0 Å². The number of benzene rings is 1. The molecule has 0 radical (unpaired) electrons. The summed E-state index contributed by atoms with van der Waals surface area (Å²) in [7, 11) is 0. The van der Waals surface area contributed by atoms with Crippen molar-refractivity contribution >= 4 is 63.7 Å². The van der Waals surface area contributed by atoms with E-state index in [0.29, 0.717) is 16.4 Å². The zero-order chi connectivity index (χ0) is 15.4. The molecule has 0 aliphatic rings. The summed E-state index contributed by atoms with van der Waals surface area (Å²) in [5.74, 6) is -0.158. The van der Waals surface area contributed by atoms with E-state index in [9.17, 15) is 4.79 Å². The molecule has 0 aliphatic heterocycles. The third-order valence-electron chi connectivity index (χ3n) is 2.48. The molecule has 3 N–H and O–H groups in total. The molecular weight excluding hydrogens is 348 g/mol. The van der Waals surface area contributed by atoms with Crippen LogP contribution >= 0.6 is 46.5 Å². The molecule has 0 aliphatic carbocycles. The van der Waals surface area contributed by atoms with Crippen LogP contribution < -0.4 is 11.1 Å². The number of thioether (sulfide) groups is 2. The van der Waals surface area contributed by atoms with E-state index in [-0.39, 0.29) is 11.2 Å². The Labute approximate surface area is 140 Å². The second kappa shape index (κ2) is 7.35. The number of carbonyl (C=O) groups is 1. The van der Waals surface area contributed by atoms with Gasteiger partial charge in [0.1, 0.15) is 0 Å². The fraction of sp³-hybridized carbons (Fsp3) is 0.250. The Kier molecular flexibility index (Phi) is 5.74. The zero-order valence-electron chi connectivity index (χ0n) is 11.3. The molecule has 21 heavy (non-hydrogen) atoms. The first-order chi connectivity index (χ1) is 9.99. The molecule has 9 heteroatoms. The van der Waals surface area contributed by atoms with Gasteiger partial charge in [-0.1, -0.05) is 46.5 Å². The third kappa shape index (κ3) is 4.50. The molecule has 0 fully saturated rings. The van der Waals surface area contributed by atoms with Crippen molar-refractivity contribution in [3.63, 3.8) is 0 Å². The highest BCUT2D eigenvalue weighted by atomic mass is 35.5. The molecule has 0 spiro atoms. The minimum atomic E-state index is -0.314. The Balaban J connectivity index is 2.00. The molecule has 0 bridgehead atoms. The van der Waals surface area contributed by atoms with Gasteiger partial charge in [-0.2, -0.15) is 0 Å². The molecular formula is C12H13ClN4OS3. The van der Waals surface area contributed by atoms with Crippen molar-refractivity contribution in [3.8, 4) is 0 Å². The van der Waals surface area contributed by atoms with E-state index in [1.54, 1.807) is 25.1 Å². The van der Waals surface area contributed by atoms with Gasteiger partial charge in [-0.25, -0.2) is 0 Å². The van der Waals surface area contributed by atoms with Crippen molar-refractivity contribution in [2.24, 2.45) is 0 Å². The molecule has 112 valence electrons. The number of rotatable bonds is 5. The van der Waals surface area contributed by atoms with E-state index < -0.39 is 0 Å². The highest BCUT2D eigenvalue weighted by molar-refractivity contribution is 8.03.